The number of carbonyl (C=O) groups is 1. The number of hydrogen-bond acceptors (Lipinski definition) is 5. The fourth-order valence-electron chi connectivity index (χ4n) is 4.30. The summed E-state index contributed by atoms with van der Waals surface area (Å²) in [5.74, 6) is 0.260. The molecule has 2 N–H and O–H groups in total. The molecule has 30 heavy (non-hydrogen) atoms. The number of oxazole rings is 1. The standard InChI is InChI=1S/C24H21N3O3/c28-19-11-10-17(15-18(19)22-27-21-20(30-22)9-6-14-25-21)26-23(29)24(12-4-5-13-24)16-7-2-1-3-8-16/h1-3,6-11,14-15,28H,4-5,12-13H2,(H,26,29). The zero-order chi connectivity index (χ0) is 20.6. The van der Waals surface area contributed by atoms with Crippen molar-refractivity contribution < 1.29 is 14.3 Å². The number of carbonyl (C=O) groups excluding carboxylic acids is 1. The molecule has 2 aromatic carbocycles. The van der Waals surface area contributed by atoms with Crippen LogP contribution in [0.25, 0.3) is 22.7 Å². The molecule has 1 aliphatic carbocycles. The Kier molecular flexibility index (Phi) is 4.47. The number of amides is 1. The molecule has 4 aromatic rings. The van der Waals surface area contributed by atoms with E-state index in [1.54, 1.807) is 30.5 Å². The molecular formula is C24H21N3O3. The molecule has 1 saturated carbocycles. The van der Waals surface area contributed by atoms with Crippen LogP contribution in [0.15, 0.2) is 71.3 Å². The van der Waals surface area contributed by atoms with Crippen LogP contribution in [-0.4, -0.2) is 21.0 Å². The van der Waals surface area contributed by atoms with Gasteiger partial charge < -0.3 is 14.8 Å². The van der Waals surface area contributed by atoms with Crippen LogP contribution in [0.2, 0.25) is 0 Å². The highest BCUT2D eigenvalue weighted by Crippen LogP contribution is 2.42. The highest BCUT2D eigenvalue weighted by molar-refractivity contribution is 6.00. The largest absolute Gasteiger partial charge is 0.507 e. The Morgan fingerprint density at radius 2 is 1.83 bits per heavy atom. The zero-order valence-electron chi connectivity index (χ0n) is 16.3. The molecule has 2 heterocycles. The van der Waals surface area contributed by atoms with E-state index in [9.17, 15) is 9.90 Å². The molecule has 6 heteroatoms. The smallest absolute Gasteiger partial charge is 0.235 e. The van der Waals surface area contributed by atoms with Crippen molar-refractivity contribution in [1.29, 1.82) is 0 Å². The van der Waals surface area contributed by atoms with Crippen LogP contribution in [0.4, 0.5) is 5.69 Å². The number of phenolic OH excluding ortho intramolecular Hbond substituents is 1. The molecule has 0 aliphatic heterocycles. The van der Waals surface area contributed by atoms with Gasteiger partial charge in [-0.2, -0.15) is 4.98 Å². The third-order valence-corrected chi connectivity index (χ3v) is 5.87. The average Bonchev–Trinajstić information content (AvgIpc) is 3.44. The molecular weight excluding hydrogens is 378 g/mol. The number of nitrogens with one attached hydrogen (secondary N) is 1. The van der Waals surface area contributed by atoms with E-state index < -0.39 is 5.41 Å². The monoisotopic (exact) mass is 399 g/mol. The first-order valence-corrected chi connectivity index (χ1v) is 10.1. The van der Waals surface area contributed by atoms with E-state index >= 15 is 0 Å². The van der Waals surface area contributed by atoms with Gasteiger partial charge in [-0.3, -0.25) is 4.79 Å². The van der Waals surface area contributed by atoms with Crippen molar-refractivity contribution >= 4 is 22.8 Å². The number of aromatic nitrogens is 2. The number of nitrogens with zero attached hydrogens (tertiary/aromatic N) is 2. The van der Waals surface area contributed by atoms with Gasteiger partial charge in [0.1, 0.15) is 5.75 Å². The normalized spacial score (nSPS) is 15.3. The third-order valence-electron chi connectivity index (χ3n) is 5.87. The number of pyridine rings is 1. The van der Waals surface area contributed by atoms with E-state index in [0.717, 1.165) is 31.2 Å². The molecule has 5 rings (SSSR count). The fraction of sp³-hybridized carbons (Fsp3) is 0.208. The number of hydrogen-bond donors (Lipinski definition) is 2. The molecule has 1 fully saturated rings. The maximum absolute atomic E-state index is 13.4. The summed E-state index contributed by atoms with van der Waals surface area (Å²) in [4.78, 5) is 21.9. The van der Waals surface area contributed by atoms with Gasteiger partial charge in [0.25, 0.3) is 0 Å². The molecule has 0 saturated heterocycles. The van der Waals surface area contributed by atoms with Gasteiger partial charge in [-0.25, -0.2) is 4.98 Å². The van der Waals surface area contributed by atoms with Crippen LogP contribution in [0.5, 0.6) is 5.75 Å². The van der Waals surface area contributed by atoms with Crippen LogP contribution >= 0.6 is 0 Å². The minimum Gasteiger partial charge on any atom is -0.507 e. The van der Waals surface area contributed by atoms with Crippen LogP contribution in [0.3, 0.4) is 0 Å². The topological polar surface area (TPSA) is 88.2 Å². The first-order valence-electron chi connectivity index (χ1n) is 10.1. The molecule has 1 amide bonds. The number of benzene rings is 2. The molecule has 0 radical (unpaired) electrons. The van der Waals surface area contributed by atoms with Gasteiger partial charge in [0.15, 0.2) is 11.2 Å². The van der Waals surface area contributed by atoms with Crippen LogP contribution in [-0.2, 0) is 10.2 Å². The average molecular weight is 399 g/mol. The van der Waals surface area contributed by atoms with E-state index in [2.05, 4.69) is 15.3 Å². The van der Waals surface area contributed by atoms with Crippen molar-refractivity contribution in [3.63, 3.8) is 0 Å². The van der Waals surface area contributed by atoms with Crippen molar-refractivity contribution in [2.45, 2.75) is 31.1 Å². The SMILES string of the molecule is O=C(Nc1ccc(O)c(-c2nc3ncccc3o2)c1)C1(c2ccccc2)CCCC1. The van der Waals surface area contributed by atoms with Crippen molar-refractivity contribution in [1.82, 2.24) is 9.97 Å². The molecule has 150 valence electrons. The van der Waals surface area contributed by atoms with Gasteiger partial charge in [0.05, 0.1) is 11.0 Å². The highest BCUT2D eigenvalue weighted by Gasteiger charge is 2.42. The van der Waals surface area contributed by atoms with Gasteiger partial charge in [-0.05, 0) is 48.7 Å². The van der Waals surface area contributed by atoms with Crippen molar-refractivity contribution in [2.75, 3.05) is 5.32 Å². The Labute approximate surface area is 173 Å². The quantitative estimate of drug-likeness (QED) is 0.469. The first-order chi connectivity index (χ1) is 14.7. The summed E-state index contributed by atoms with van der Waals surface area (Å²) >= 11 is 0. The zero-order valence-corrected chi connectivity index (χ0v) is 16.3. The molecule has 2 aromatic heterocycles. The Morgan fingerprint density at radius 3 is 2.60 bits per heavy atom. The fourth-order valence-corrected chi connectivity index (χ4v) is 4.30. The van der Waals surface area contributed by atoms with Gasteiger partial charge in [0.2, 0.25) is 11.8 Å². The highest BCUT2D eigenvalue weighted by atomic mass is 16.4. The lowest BCUT2D eigenvalue weighted by atomic mass is 9.78. The maximum atomic E-state index is 13.4. The summed E-state index contributed by atoms with van der Waals surface area (Å²) in [6, 6.07) is 18.4. The first kappa shape index (κ1) is 18.4. The van der Waals surface area contributed by atoms with Crippen molar-refractivity contribution in [3.05, 3.63) is 72.4 Å². The number of phenols is 1. The number of aromatic hydroxyl groups is 1. The second kappa shape index (κ2) is 7.30. The molecule has 6 nitrogen and oxygen atoms in total. The van der Waals surface area contributed by atoms with Crippen molar-refractivity contribution in [3.8, 4) is 17.2 Å². The predicted molar refractivity (Wildman–Crippen MR) is 114 cm³/mol. The Balaban J connectivity index is 1.48. The predicted octanol–water partition coefficient (Wildman–Crippen LogP) is 5.05. The van der Waals surface area contributed by atoms with Crippen LogP contribution in [0.1, 0.15) is 31.2 Å². The lowest BCUT2D eigenvalue weighted by Gasteiger charge is -2.28. The van der Waals surface area contributed by atoms with Gasteiger partial charge >= 0.3 is 0 Å². The minimum atomic E-state index is -0.527. The Morgan fingerprint density at radius 1 is 1.03 bits per heavy atom. The van der Waals surface area contributed by atoms with Gasteiger partial charge in [-0.15, -0.1) is 0 Å². The summed E-state index contributed by atoms with van der Waals surface area (Å²) in [5.41, 5.74) is 2.52. The van der Waals surface area contributed by atoms with E-state index in [1.165, 1.54) is 6.07 Å². The van der Waals surface area contributed by atoms with Crippen LogP contribution < -0.4 is 5.32 Å². The van der Waals surface area contributed by atoms with E-state index in [4.69, 9.17) is 4.42 Å². The second-order valence-corrected chi connectivity index (χ2v) is 7.69. The summed E-state index contributed by atoms with van der Waals surface area (Å²) in [5, 5.41) is 13.4. The molecule has 0 bridgehead atoms. The summed E-state index contributed by atoms with van der Waals surface area (Å²) in [6.45, 7) is 0. The number of rotatable bonds is 4. The Bertz CT molecular complexity index is 1180. The van der Waals surface area contributed by atoms with E-state index in [0.29, 0.717) is 22.5 Å². The van der Waals surface area contributed by atoms with Gasteiger partial charge in [0, 0.05) is 11.9 Å². The van der Waals surface area contributed by atoms with Crippen molar-refractivity contribution in [2.24, 2.45) is 0 Å². The molecule has 0 unspecified atom stereocenters. The summed E-state index contributed by atoms with van der Waals surface area (Å²) in [7, 11) is 0. The number of fused-ring (bicyclic) bond motifs is 1. The van der Waals surface area contributed by atoms with E-state index in [1.807, 2.05) is 30.3 Å². The third kappa shape index (κ3) is 3.10. The van der Waals surface area contributed by atoms with E-state index in [-0.39, 0.29) is 17.5 Å². The minimum absolute atomic E-state index is 0.0259. The molecule has 0 atom stereocenters. The summed E-state index contributed by atoms with van der Waals surface area (Å²) < 4.78 is 5.74. The second-order valence-electron chi connectivity index (χ2n) is 7.69. The maximum Gasteiger partial charge on any atom is 0.235 e. The molecule has 1 aliphatic rings. The lowest BCUT2D eigenvalue weighted by molar-refractivity contribution is -0.121. The lowest BCUT2D eigenvalue weighted by Crippen LogP contribution is -2.37. The van der Waals surface area contributed by atoms with Gasteiger partial charge in [-0.1, -0.05) is 43.2 Å². The molecule has 0 spiro atoms. The Hall–Kier alpha value is -3.67. The summed E-state index contributed by atoms with van der Waals surface area (Å²) in [6.07, 6.45) is 5.34. The van der Waals surface area contributed by atoms with Crippen LogP contribution in [0, 0.1) is 0 Å². The number of anilines is 1.